The summed E-state index contributed by atoms with van der Waals surface area (Å²) in [5, 5.41) is 0. The fourth-order valence-corrected chi connectivity index (χ4v) is 14.7. The molecule has 5 atom stereocenters. The number of amides is 2. The number of aromatic nitrogens is 4. The van der Waals surface area contributed by atoms with Gasteiger partial charge in [-0.1, -0.05) is 55.6 Å². The number of piperazine rings is 2. The van der Waals surface area contributed by atoms with Crippen LogP contribution in [0.3, 0.4) is 0 Å². The van der Waals surface area contributed by atoms with E-state index >= 15 is 0 Å². The molecule has 6 heterocycles. The van der Waals surface area contributed by atoms with Crippen LogP contribution >= 0.6 is 0 Å². The van der Waals surface area contributed by atoms with Crippen LogP contribution in [0.2, 0.25) is 0 Å². The second kappa shape index (κ2) is 20.5. The van der Waals surface area contributed by atoms with Crippen molar-refractivity contribution in [2.24, 2.45) is 10.8 Å². The Morgan fingerprint density at radius 1 is 0.653 bits per heavy atom. The zero-order valence-corrected chi connectivity index (χ0v) is 44.3. The Morgan fingerprint density at radius 3 is 1.81 bits per heavy atom. The van der Waals surface area contributed by atoms with Crippen molar-refractivity contribution in [3.05, 3.63) is 118 Å². The number of ether oxygens (including phenoxy) is 2. The van der Waals surface area contributed by atoms with Crippen molar-refractivity contribution in [1.82, 2.24) is 39.5 Å². The minimum atomic E-state index is -0.913. The lowest BCUT2D eigenvalue weighted by Crippen LogP contribution is -2.49. The highest BCUT2D eigenvalue weighted by Gasteiger charge is 2.44. The average Bonchev–Trinajstić information content (AvgIpc) is 4.03. The maximum atomic E-state index is 13.9. The second-order valence-corrected chi connectivity index (χ2v) is 23.6. The summed E-state index contributed by atoms with van der Waals surface area (Å²) in [5.74, 6) is 0.737. The number of hydrogen-bond acceptors (Lipinski definition) is 12. The lowest BCUT2D eigenvalue weighted by atomic mass is 9.62. The SMILES string of the molecule is C=CC(=O)N1CCN(c2nc(OCC3CCCN3C)nc3c2CCC2(CCc4c(cccc4C4CC(COc5nc6c(c(N7CCN(C(=O)C(=C)F)CC7)n5)CCC5(CCc7ccccc7C5)C6)N(C)C4)C2)C3)CC1. The molecule has 12 rings (SSSR count). The molecule has 4 fully saturated rings. The molecular formula is C60H75FN10O4. The summed E-state index contributed by atoms with van der Waals surface area (Å²) >= 11 is 0. The number of benzene rings is 2. The number of fused-ring (bicyclic) bond motifs is 4. The minimum Gasteiger partial charge on any atom is -0.462 e. The molecule has 4 aliphatic heterocycles. The number of halogens is 1. The van der Waals surface area contributed by atoms with Gasteiger partial charge in [-0.3, -0.25) is 14.5 Å². The lowest BCUT2D eigenvalue weighted by Gasteiger charge is -2.43. The minimum absolute atomic E-state index is 0.0145. The Morgan fingerprint density at radius 2 is 1.21 bits per heavy atom. The summed E-state index contributed by atoms with van der Waals surface area (Å²) in [6.45, 7) is 14.8. The molecular weight excluding hydrogens is 944 g/mol. The molecule has 2 spiro atoms. The normalized spacial score (nSPS) is 26.7. The van der Waals surface area contributed by atoms with E-state index < -0.39 is 11.7 Å². The molecule has 4 aliphatic carbocycles. The summed E-state index contributed by atoms with van der Waals surface area (Å²) in [5.41, 5.74) is 12.4. The highest BCUT2D eigenvalue weighted by Crippen LogP contribution is 2.50. The molecule has 14 nitrogen and oxygen atoms in total. The molecule has 2 aromatic carbocycles. The molecule has 4 aromatic rings. The second-order valence-electron chi connectivity index (χ2n) is 23.6. The van der Waals surface area contributed by atoms with Gasteiger partial charge in [0.1, 0.15) is 24.8 Å². The monoisotopic (exact) mass is 1020 g/mol. The van der Waals surface area contributed by atoms with E-state index in [1.54, 1.807) is 4.90 Å². The van der Waals surface area contributed by atoms with Crippen molar-refractivity contribution in [2.75, 3.05) is 103 Å². The van der Waals surface area contributed by atoms with Crippen LogP contribution in [0.5, 0.6) is 12.0 Å². The van der Waals surface area contributed by atoms with Gasteiger partial charge in [-0.15, -0.1) is 0 Å². The molecule has 2 amide bonds. The van der Waals surface area contributed by atoms with Gasteiger partial charge in [0.2, 0.25) is 5.91 Å². The van der Waals surface area contributed by atoms with Gasteiger partial charge in [0.15, 0.2) is 5.83 Å². The van der Waals surface area contributed by atoms with Crippen LogP contribution in [0.1, 0.15) is 101 Å². The van der Waals surface area contributed by atoms with Crippen LogP contribution in [0.4, 0.5) is 16.0 Å². The zero-order chi connectivity index (χ0) is 51.4. The maximum Gasteiger partial charge on any atom is 0.318 e. The molecule has 8 aliphatic rings. The average molecular weight is 1020 g/mol. The summed E-state index contributed by atoms with van der Waals surface area (Å²) in [6, 6.07) is 17.5. The van der Waals surface area contributed by atoms with Crippen LogP contribution in [0.15, 0.2) is 67.5 Å². The van der Waals surface area contributed by atoms with E-state index in [1.807, 2.05) is 4.90 Å². The summed E-state index contributed by atoms with van der Waals surface area (Å²) in [4.78, 5) is 58.7. The third-order valence-electron chi connectivity index (χ3n) is 19.2. The van der Waals surface area contributed by atoms with Crippen molar-refractivity contribution in [2.45, 2.75) is 114 Å². The molecule has 2 aromatic heterocycles. The van der Waals surface area contributed by atoms with E-state index in [0.29, 0.717) is 76.5 Å². The quantitative estimate of drug-likeness (QED) is 0.145. The van der Waals surface area contributed by atoms with Crippen molar-refractivity contribution in [3.63, 3.8) is 0 Å². The first-order valence-electron chi connectivity index (χ1n) is 28.1. The van der Waals surface area contributed by atoms with Crippen molar-refractivity contribution in [1.29, 1.82) is 0 Å². The van der Waals surface area contributed by atoms with E-state index in [0.717, 1.165) is 139 Å². The van der Waals surface area contributed by atoms with Gasteiger partial charge in [-0.25, -0.2) is 4.39 Å². The van der Waals surface area contributed by atoms with E-state index in [9.17, 15) is 14.0 Å². The lowest BCUT2D eigenvalue weighted by molar-refractivity contribution is -0.129. The van der Waals surface area contributed by atoms with E-state index in [-0.39, 0.29) is 22.8 Å². The van der Waals surface area contributed by atoms with Crippen LogP contribution in [-0.2, 0) is 61.0 Å². The molecule has 75 heavy (non-hydrogen) atoms. The Hall–Kier alpha value is -5.93. The molecule has 0 N–H and O–H groups in total. The fraction of sp³-hybridized carbons (Fsp3) is 0.567. The van der Waals surface area contributed by atoms with Crippen LogP contribution in [-0.4, -0.2) is 156 Å². The number of likely N-dealkylation sites (N-methyl/N-ethyl adjacent to an activating group) is 2. The summed E-state index contributed by atoms with van der Waals surface area (Å²) in [6.07, 6.45) is 17.1. The number of aryl methyl sites for hydroxylation is 1. The number of carbonyl (C=O) groups excluding carboxylic acids is 2. The van der Waals surface area contributed by atoms with Gasteiger partial charge in [0, 0.05) is 82.1 Å². The predicted molar refractivity (Wildman–Crippen MR) is 288 cm³/mol. The maximum absolute atomic E-state index is 13.9. The van der Waals surface area contributed by atoms with Crippen molar-refractivity contribution < 1.29 is 23.5 Å². The molecule has 396 valence electrons. The number of anilines is 2. The van der Waals surface area contributed by atoms with Gasteiger partial charge in [-0.2, -0.15) is 19.9 Å². The summed E-state index contributed by atoms with van der Waals surface area (Å²) in [7, 11) is 4.41. The highest BCUT2D eigenvalue weighted by atomic mass is 19.1. The fourth-order valence-electron chi connectivity index (χ4n) is 14.7. The standard InChI is InChI=1S/C60H75FN10O4/c1-5-53(72)68-24-26-69(27-25-68)54-50-18-22-60(36-52(50)62-57(64-54)74-38-45-13-9-23-66(45)3)20-16-48-43(34-60)12-8-14-47(48)44-32-46(67(4)37-44)39-75-58-63-51-35-59(19-15-41-10-6-7-11-42(41)33-59)21-17-49(51)55(65-58)70-28-30-71(31-29-70)56(73)40(2)61/h5-8,10-12,14,44-46H,1-2,9,13,15-39H2,3-4H3. The smallest absolute Gasteiger partial charge is 0.318 e. The molecule has 0 saturated carbocycles. The van der Waals surface area contributed by atoms with Gasteiger partial charge >= 0.3 is 12.0 Å². The third kappa shape index (κ3) is 9.92. The van der Waals surface area contributed by atoms with Crippen LogP contribution < -0.4 is 19.3 Å². The van der Waals surface area contributed by atoms with Gasteiger partial charge in [-0.05, 0) is 168 Å². The van der Waals surface area contributed by atoms with Crippen LogP contribution in [0, 0.1) is 10.8 Å². The Labute approximate surface area is 442 Å². The highest BCUT2D eigenvalue weighted by molar-refractivity contribution is 5.90. The first-order valence-corrected chi connectivity index (χ1v) is 28.1. The Bertz CT molecular complexity index is 2860. The first-order chi connectivity index (χ1) is 36.4. The molecule has 5 unspecified atom stereocenters. The summed E-state index contributed by atoms with van der Waals surface area (Å²) < 4.78 is 27.1. The van der Waals surface area contributed by atoms with E-state index in [4.69, 9.17) is 29.4 Å². The van der Waals surface area contributed by atoms with Crippen molar-refractivity contribution in [3.8, 4) is 12.0 Å². The molecule has 4 saturated heterocycles. The number of rotatable bonds is 11. The van der Waals surface area contributed by atoms with Gasteiger partial charge in [0.25, 0.3) is 5.91 Å². The first kappa shape index (κ1) is 49.9. The topological polar surface area (TPSA) is 124 Å². The Balaban J connectivity index is 0.745. The van der Waals surface area contributed by atoms with Gasteiger partial charge in [0.05, 0.1) is 11.4 Å². The van der Waals surface area contributed by atoms with Gasteiger partial charge < -0.3 is 34.0 Å². The third-order valence-corrected chi connectivity index (χ3v) is 19.2. The number of likely N-dealkylation sites (tertiary alicyclic amines) is 2. The number of nitrogens with zero attached hydrogens (tertiary/aromatic N) is 10. The molecule has 15 heteroatoms. The van der Waals surface area contributed by atoms with Crippen molar-refractivity contribution >= 4 is 23.5 Å². The Kier molecular flexibility index (Phi) is 13.7. The van der Waals surface area contributed by atoms with E-state index in [2.05, 4.69) is 89.3 Å². The number of hydrogen-bond donors (Lipinski definition) is 0. The molecule has 0 bridgehead atoms. The van der Waals surface area contributed by atoms with E-state index in [1.165, 1.54) is 51.4 Å². The number of carbonyl (C=O) groups is 2. The predicted octanol–water partition coefficient (Wildman–Crippen LogP) is 6.90. The molecule has 0 radical (unpaired) electrons. The van der Waals surface area contributed by atoms with Crippen LogP contribution in [0.25, 0.3) is 0 Å². The largest absolute Gasteiger partial charge is 0.462 e. The zero-order valence-electron chi connectivity index (χ0n) is 44.3.